The van der Waals surface area contributed by atoms with E-state index in [4.69, 9.17) is 9.84 Å². The fraction of sp³-hybridized carbons (Fsp3) is 0.909. The molecule has 0 aliphatic heterocycles. The highest BCUT2D eigenvalue weighted by atomic mass is 16.5. The van der Waals surface area contributed by atoms with Gasteiger partial charge < -0.3 is 9.84 Å². The van der Waals surface area contributed by atoms with Crippen LogP contribution in [0, 0.1) is 11.8 Å². The zero-order chi connectivity index (χ0) is 9.97. The molecule has 2 aliphatic rings. The van der Waals surface area contributed by atoms with Crippen LogP contribution in [0.5, 0.6) is 0 Å². The van der Waals surface area contributed by atoms with Crippen LogP contribution in [0.3, 0.4) is 0 Å². The maximum atomic E-state index is 11.5. The molecule has 0 spiro atoms. The van der Waals surface area contributed by atoms with Gasteiger partial charge in [-0.1, -0.05) is 6.42 Å². The summed E-state index contributed by atoms with van der Waals surface area (Å²) in [6.45, 7) is 0.129. The first-order chi connectivity index (χ1) is 6.81. The van der Waals surface area contributed by atoms with E-state index in [-0.39, 0.29) is 30.5 Å². The van der Waals surface area contributed by atoms with Crippen molar-refractivity contribution >= 4 is 5.97 Å². The Kier molecular flexibility index (Phi) is 3.06. The van der Waals surface area contributed by atoms with Gasteiger partial charge in [0.2, 0.25) is 0 Å². The minimum atomic E-state index is -0.0732. The molecule has 1 N–H and O–H groups in total. The van der Waals surface area contributed by atoms with Crippen molar-refractivity contribution in [2.75, 3.05) is 6.61 Å². The van der Waals surface area contributed by atoms with Crippen molar-refractivity contribution in [3.63, 3.8) is 0 Å². The molecule has 0 heterocycles. The summed E-state index contributed by atoms with van der Waals surface area (Å²) < 4.78 is 5.40. The Morgan fingerprint density at radius 1 is 1.29 bits per heavy atom. The molecule has 2 aliphatic carbocycles. The normalized spacial score (nSPS) is 32.6. The van der Waals surface area contributed by atoms with Crippen LogP contribution in [-0.4, -0.2) is 23.8 Å². The number of hydrogen-bond acceptors (Lipinski definition) is 3. The van der Waals surface area contributed by atoms with Gasteiger partial charge in [-0.25, -0.2) is 0 Å². The average Bonchev–Trinajstić information content (AvgIpc) is 2.98. The number of aliphatic hydroxyl groups excluding tert-OH is 1. The van der Waals surface area contributed by atoms with Crippen molar-refractivity contribution in [1.29, 1.82) is 0 Å². The maximum absolute atomic E-state index is 11.5. The monoisotopic (exact) mass is 198 g/mol. The van der Waals surface area contributed by atoms with E-state index in [0.717, 1.165) is 19.3 Å². The van der Waals surface area contributed by atoms with Gasteiger partial charge in [-0.05, 0) is 38.0 Å². The molecule has 2 fully saturated rings. The van der Waals surface area contributed by atoms with Gasteiger partial charge in [0.15, 0.2) is 0 Å². The minimum absolute atomic E-state index is 0.00178. The summed E-state index contributed by atoms with van der Waals surface area (Å²) in [6, 6.07) is 0. The maximum Gasteiger partial charge on any atom is 0.309 e. The predicted molar refractivity (Wildman–Crippen MR) is 51.6 cm³/mol. The molecule has 2 saturated carbocycles. The van der Waals surface area contributed by atoms with E-state index < -0.39 is 0 Å². The Balaban J connectivity index is 1.71. The van der Waals surface area contributed by atoms with E-state index >= 15 is 0 Å². The molecule has 0 bridgehead atoms. The molecule has 3 heteroatoms. The Morgan fingerprint density at radius 2 is 2.00 bits per heavy atom. The molecule has 0 aromatic heterocycles. The lowest BCUT2D eigenvalue weighted by atomic mass is 9.98. The fourth-order valence-corrected chi connectivity index (χ4v) is 2.17. The zero-order valence-corrected chi connectivity index (χ0v) is 8.45. The Hall–Kier alpha value is -0.570. The number of esters is 1. The van der Waals surface area contributed by atoms with E-state index in [0.29, 0.717) is 0 Å². The van der Waals surface area contributed by atoms with Gasteiger partial charge >= 0.3 is 5.97 Å². The lowest BCUT2D eigenvalue weighted by Crippen LogP contribution is -2.22. The highest BCUT2D eigenvalue weighted by molar-refractivity contribution is 5.75. The van der Waals surface area contributed by atoms with Crippen molar-refractivity contribution in [3.05, 3.63) is 0 Å². The van der Waals surface area contributed by atoms with Crippen molar-refractivity contribution in [3.8, 4) is 0 Å². The lowest BCUT2D eigenvalue weighted by Gasteiger charge is -2.21. The second-order valence-electron chi connectivity index (χ2n) is 4.48. The summed E-state index contributed by atoms with van der Waals surface area (Å²) >= 11 is 0. The van der Waals surface area contributed by atoms with Gasteiger partial charge in [-0.3, -0.25) is 4.79 Å². The molecule has 2 rings (SSSR count). The molecule has 2 unspecified atom stereocenters. The summed E-state index contributed by atoms with van der Waals surface area (Å²) in [6.07, 6.45) is 6.69. The van der Waals surface area contributed by atoms with Crippen LogP contribution < -0.4 is 0 Å². The van der Waals surface area contributed by atoms with E-state index in [1.165, 1.54) is 19.3 Å². The Bertz CT molecular complexity index is 209. The third kappa shape index (κ3) is 2.27. The zero-order valence-electron chi connectivity index (χ0n) is 8.45. The molecular weight excluding hydrogens is 180 g/mol. The van der Waals surface area contributed by atoms with Crippen molar-refractivity contribution in [2.24, 2.45) is 11.8 Å². The predicted octanol–water partition coefficient (Wildman–Crippen LogP) is 1.49. The SMILES string of the molecule is O=C(OC1CCCCC1)C1CC1CO. The van der Waals surface area contributed by atoms with Crippen molar-refractivity contribution < 1.29 is 14.6 Å². The van der Waals surface area contributed by atoms with Gasteiger partial charge in [0.1, 0.15) is 6.10 Å². The first-order valence-corrected chi connectivity index (χ1v) is 5.62. The summed E-state index contributed by atoms with van der Waals surface area (Å²) in [4.78, 5) is 11.5. The number of carbonyl (C=O) groups is 1. The first kappa shape index (κ1) is 9.97. The van der Waals surface area contributed by atoms with E-state index in [1.54, 1.807) is 0 Å². The molecule has 14 heavy (non-hydrogen) atoms. The molecule has 0 radical (unpaired) electrons. The second kappa shape index (κ2) is 4.30. The van der Waals surface area contributed by atoms with E-state index in [2.05, 4.69) is 0 Å². The summed E-state index contributed by atoms with van der Waals surface area (Å²) in [5.41, 5.74) is 0. The molecule has 0 aromatic carbocycles. The summed E-state index contributed by atoms with van der Waals surface area (Å²) in [7, 11) is 0. The molecule has 0 amide bonds. The number of ether oxygens (including phenoxy) is 1. The molecule has 80 valence electrons. The van der Waals surface area contributed by atoms with Crippen LogP contribution in [0.2, 0.25) is 0 Å². The third-order valence-corrected chi connectivity index (χ3v) is 3.29. The number of aliphatic hydroxyl groups is 1. The Labute approximate surface area is 84.4 Å². The topological polar surface area (TPSA) is 46.5 Å². The van der Waals surface area contributed by atoms with E-state index in [9.17, 15) is 4.79 Å². The first-order valence-electron chi connectivity index (χ1n) is 5.62. The molecule has 3 nitrogen and oxygen atoms in total. The van der Waals surface area contributed by atoms with E-state index in [1.807, 2.05) is 0 Å². The molecular formula is C11H18O3. The minimum Gasteiger partial charge on any atom is -0.462 e. The number of rotatable bonds is 3. The molecule has 2 atom stereocenters. The summed E-state index contributed by atoms with van der Waals surface area (Å²) in [5.74, 6) is 0.115. The largest absolute Gasteiger partial charge is 0.462 e. The standard InChI is InChI=1S/C11H18O3/c12-7-8-6-10(8)11(13)14-9-4-2-1-3-5-9/h8-10,12H,1-7H2. The quantitative estimate of drug-likeness (QED) is 0.699. The van der Waals surface area contributed by atoms with Crippen molar-refractivity contribution in [1.82, 2.24) is 0 Å². The molecule has 0 aromatic rings. The smallest absolute Gasteiger partial charge is 0.309 e. The molecule has 0 saturated heterocycles. The highest BCUT2D eigenvalue weighted by Gasteiger charge is 2.44. The van der Waals surface area contributed by atoms with Gasteiger partial charge in [0.25, 0.3) is 0 Å². The summed E-state index contributed by atoms with van der Waals surface area (Å²) in [5, 5.41) is 8.82. The Morgan fingerprint density at radius 3 is 2.57 bits per heavy atom. The van der Waals surface area contributed by atoms with Gasteiger partial charge in [0.05, 0.1) is 5.92 Å². The van der Waals surface area contributed by atoms with Gasteiger partial charge in [-0.15, -0.1) is 0 Å². The second-order valence-corrected chi connectivity index (χ2v) is 4.48. The van der Waals surface area contributed by atoms with Crippen LogP contribution in [0.25, 0.3) is 0 Å². The van der Waals surface area contributed by atoms with Gasteiger partial charge in [0, 0.05) is 6.61 Å². The average molecular weight is 198 g/mol. The number of hydrogen-bond donors (Lipinski definition) is 1. The third-order valence-electron chi connectivity index (χ3n) is 3.29. The van der Waals surface area contributed by atoms with Crippen LogP contribution in [-0.2, 0) is 9.53 Å². The fourth-order valence-electron chi connectivity index (χ4n) is 2.17. The van der Waals surface area contributed by atoms with Crippen molar-refractivity contribution in [2.45, 2.75) is 44.6 Å². The van der Waals surface area contributed by atoms with Crippen LogP contribution in [0.1, 0.15) is 38.5 Å². The highest BCUT2D eigenvalue weighted by Crippen LogP contribution is 2.39. The van der Waals surface area contributed by atoms with Gasteiger partial charge in [-0.2, -0.15) is 0 Å². The number of carbonyl (C=O) groups excluding carboxylic acids is 1. The lowest BCUT2D eigenvalue weighted by molar-refractivity contribution is -0.152. The van der Waals surface area contributed by atoms with Crippen LogP contribution in [0.4, 0.5) is 0 Å². The van der Waals surface area contributed by atoms with Crippen LogP contribution in [0.15, 0.2) is 0 Å². The van der Waals surface area contributed by atoms with Crippen LogP contribution >= 0.6 is 0 Å².